The van der Waals surface area contributed by atoms with E-state index in [0.717, 1.165) is 0 Å². The molecular formula is C13H21N5O4. The lowest BCUT2D eigenvalue weighted by Gasteiger charge is -2.07. The van der Waals surface area contributed by atoms with Crippen LogP contribution in [-0.4, -0.2) is 47.4 Å². The number of amides is 3. The number of nitrogens with one attached hydrogen (secondary N) is 3. The molecule has 0 radical (unpaired) electrons. The van der Waals surface area contributed by atoms with Crippen molar-refractivity contribution in [3.05, 3.63) is 11.8 Å². The average molecular weight is 311 g/mol. The Hall–Kier alpha value is -2.58. The largest absolute Gasteiger partial charge is 0.462 e. The molecule has 3 N–H and O–H groups in total. The van der Waals surface area contributed by atoms with Crippen LogP contribution >= 0.6 is 0 Å². The standard InChI is InChI=1S/C13H21N5O4/c1-4-22-12(20)10-8-18(3)17-11(10)16-13(21)15-7-5-6-14-9(2)19/h8H,4-7H2,1-3H3,(H,14,19)(H2,15,16,17,21). The number of ether oxygens (including phenoxy) is 1. The molecule has 22 heavy (non-hydrogen) atoms. The number of nitrogens with zero attached hydrogens (tertiary/aromatic N) is 2. The zero-order valence-corrected chi connectivity index (χ0v) is 12.9. The van der Waals surface area contributed by atoms with Crippen LogP contribution in [-0.2, 0) is 16.6 Å². The number of carbonyl (C=O) groups is 3. The van der Waals surface area contributed by atoms with Crippen molar-refractivity contribution in [1.29, 1.82) is 0 Å². The minimum absolute atomic E-state index is 0.114. The van der Waals surface area contributed by atoms with Crippen LogP contribution in [0.25, 0.3) is 0 Å². The maximum Gasteiger partial charge on any atom is 0.343 e. The van der Waals surface area contributed by atoms with Crippen molar-refractivity contribution >= 4 is 23.7 Å². The lowest BCUT2D eigenvalue weighted by Crippen LogP contribution is -2.32. The number of carbonyl (C=O) groups excluding carboxylic acids is 3. The number of anilines is 1. The molecule has 3 amide bonds. The molecule has 0 aromatic carbocycles. The van der Waals surface area contributed by atoms with Crippen LogP contribution in [0.15, 0.2) is 6.20 Å². The predicted molar refractivity (Wildman–Crippen MR) is 79.5 cm³/mol. The molecule has 9 nitrogen and oxygen atoms in total. The summed E-state index contributed by atoms with van der Waals surface area (Å²) in [6, 6.07) is -0.480. The van der Waals surface area contributed by atoms with E-state index in [0.29, 0.717) is 19.5 Å². The molecule has 0 spiro atoms. The van der Waals surface area contributed by atoms with E-state index >= 15 is 0 Å². The van der Waals surface area contributed by atoms with Gasteiger partial charge in [0.15, 0.2) is 5.82 Å². The Morgan fingerprint density at radius 2 is 1.95 bits per heavy atom. The molecule has 1 rings (SSSR count). The average Bonchev–Trinajstić information content (AvgIpc) is 2.79. The number of hydrogen-bond donors (Lipinski definition) is 3. The van der Waals surface area contributed by atoms with E-state index in [9.17, 15) is 14.4 Å². The van der Waals surface area contributed by atoms with E-state index < -0.39 is 12.0 Å². The van der Waals surface area contributed by atoms with Crippen LogP contribution in [0.5, 0.6) is 0 Å². The summed E-state index contributed by atoms with van der Waals surface area (Å²) in [7, 11) is 1.64. The minimum atomic E-state index is -0.545. The van der Waals surface area contributed by atoms with Gasteiger partial charge >= 0.3 is 12.0 Å². The van der Waals surface area contributed by atoms with E-state index in [1.165, 1.54) is 17.8 Å². The molecule has 0 aliphatic carbocycles. The minimum Gasteiger partial charge on any atom is -0.462 e. The summed E-state index contributed by atoms with van der Waals surface area (Å²) in [6.45, 7) is 4.23. The fourth-order valence-electron chi connectivity index (χ4n) is 1.65. The first-order valence-electron chi connectivity index (χ1n) is 6.94. The van der Waals surface area contributed by atoms with E-state index in [4.69, 9.17) is 4.74 Å². The molecule has 0 saturated carbocycles. The van der Waals surface area contributed by atoms with Crippen molar-refractivity contribution in [3.63, 3.8) is 0 Å². The van der Waals surface area contributed by atoms with Crippen molar-refractivity contribution in [2.24, 2.45) is 7.05 Å². The lowest BCUT2D eigenvalue weighted by molar-refractivity contribution is -0.118. The van der Waals surface area contributed by atoms with Gasteiger partial charge in [-0.05, 0) is 13.3 Å². The third-order valence-electron chi connectivity index (χ3n) is 2.57. The predicted octanol–water partition coefficient (Wildman–Crippen LogP) is 0.244. The van der Waals surface area contributed by atoms with Gasteiger partial charge in [-0.1, -0.05) is 0 Å². The molecule has 1 heterocycles. The zero-order valence-electron chi connectivity index (χ0n) is 12.9. The summed E-state index contributed by atoms with van der Waals surface area (Å²) >= 11 is 0. The van der Waals surface area contributed by atoms with Gasteiger partial charge in [0.1, 0.15) is 5.56 Å². The van der Waals surface area contributed by atoms with Gasteiger partial charge in [0.2, 0.25) is 5.91 Å². The van der Waals surface area contributed by atoms with Crippen molar-refractivity contribution in [1.82, 2.24) is 20.4 Å². The maximum atomic E-state index is 11.7. The Bertz CT molecular complexity index is 541. The first-order valence-corrected chi connectivity index (χ1v) is 6.94. The molecule has 0 aliphatic rings. The summed E-state index contributed by atoms with van der Waals surface area (Å²) in [6.07, 6.45) is 2.07. The van der Waals surface area contributed by atoms with Gasteiger partial charge < -0.3 is 15.4 Å². The Balaban J connectivity index is 2.47. The molecule has 1 aromatic heterocycles. The Kier molecular flexibility index (Phi) is 6.87. The molecule has 122 valence electrons. The number of hydrogen-bond acceptors (Lipinski definition) is 5. The Morgan fingerprint density at radius 1 is 1.27 bits per heavy atom. The van der Waals surface area contributed by atoms with Gasteiger partial charge in [0.25, 0.3) is 0 Å². The Morgan fingerprint density at radius 3 is 2.59 bits per heavy atom. The van der Waals surface area contributed by atoms with Crippen LogP contribution in [0, 0.1) is 0 Å². The molecule has 1 aromatic rings. The Labute approximate surface area is 128 Å². The van der Waals surface area contributed by atoms with Crippen molar-refractivity contribution in [2.45, 2.75) is 20.3 Å². The fourth-order valence-corrected chi connectivity index (χ4v) is 1.65. The molecule has 0 unspecified atom stereocenters. The van der Waals surface area contributed by atoms with Crippen LogP contribution in [0.3, 0.4) is 0 Å². The van der Waals surface area contributed by atoms with Crippen LogP contribution < -0.4 is 16.0 Å². The van der Waals surface area contributed by atoms with Crippen LogP contribution in [0.4, 0.5) is 10.6 Å². The SMILES string of the molecule is CCOC(=O)c1cn(C)nc1NC(=O)NCCCNC(C)=O. The second-order valence-corrected chi connectivity index (χ2v) is 4.50. The summed E-state index contributed by atoms with van der Waals surface area (Å²) in [5, 5.41) is 11.7. The highest BCUT2D eigenvalue weighted by Crippen LogP contribution is 2.13. The first-order chi connectivity index (χ1) is 10.4. The van der Waals surface area contributed by atoms with Gasteiger partial charge in [-0.2, -0.15) is 5.10 Å². The van der Waals surface area contributed by atoms with Gasteiger partial charge in [-0.15, -0.1) is 0 Å². The van der Waals surface area contributed by atoms with E-state index in [-0.39, 0.29) is 23.9 Å². The highest BCUT2D eigenvalue weighted by molar-refractivity contribution is 5.99. The highest BCUT2D eigenvalue weighted by atomic mass is 16.5. The third-order valence-corrected chi connectivity index (χ3v) is 2.57. The summed E-state index contributed by atoms with van der Waals surface area (Å²) < 4.78 is 6.31. The van der Waals surface area contributed by atoms with Crippen LogP contribution in [0.1, 0.15) is 30.6 Å². The van der Waals surface area contributed by atoms with Crippen LogP contribution in [0.2, 0.25) is 0 Å². The topological polar surface area (TPSA) is 114 Å². The zero-order chi connectivity index (χ0) is 16.5. The van der Waals surface area contributed by atoms with Gasteiger partial charge in [0, 0.05) is 33.3 Å². The number of rotatable bonds is 7. The van der Waals surface area contributed by atoms with Gasteiger partial charge in [-0.3, -0.25) is 14.8 Å². The summed E-state index contributed by atoms with van der Waals surface area (Å²) in [5.74, 6) is -0.520. The number of aromatic nitrogens is 2. The highest BCUT2D eigenvalue weighted by Gasteiger charge is 2.18. The maximum absolute atomic E-state index is 11.7. The summed E-state index contributed by atoms with van der Waals surface area (Å²) in [4.78, 5) is 34.2. The quantitative estimate of drug-likeness (QED) is 0.493. The monoisotopic (exact) mass is 311 g/mol. The van der Waals surface area contributed by atoms with Crippen molar-refractivity contribution in [2.75, 3.05) is 25.0 Å². The molecular weight excluding hydrogens is 290 g/mol. The van der Waals surface area contributed by atoms with Crippen molar-refractivity contribution in [3.8, 4) is 0 Å². The van der Waals surface area contributed by atoms with E-state index in [2.05, 4.69) is 21.0 Å². The van der Waals surface area contributed by atoms with E-state index in [1.54, 1.807) is 14.0 Å². The second kappa shape index (κ2) is 8.65. The molecule has 0 saturated heterocycles. The lowest BCUT2D eigenvalue weighted by atomic mass is 10.3. The first kappa shape index (κ1) is 17.5. The fraction of sp³-hybridized carbons (Fsp3) is 0.538. The number of esters is 1. The van der Waals surface area contributed by atoms with Crippen molar-refractivity contribution < 1.29 is 19.1 Å². The molecule has 0 aliphatic heterocycles. The molecule has 0 fully saturated rings. The summed E-state index contributed by atoms with van der Waals surface area (Å²) in [5.41, 5.74) is 0.192. The molecule has 9 heteroatoms. The second-order valence-electron chi connectivity index (χ2n) is 4.50. The normalized spacial score (nSPS) is 9.95. The van der Waals surface area contributed by atoms with Gasteiger partial charge in [0.05, 0.1) is 6.61 Å². The molecule has 0 bridgehead atoms. The number of urea groups is 1. The number of aryl methyl sites for hydroxylation is 1. The van der Waals surface area contributed by atoms with E-state index in [1.807, 2.05) is 0 Å². The smallest absolute Gasteiger partial charge is 0.343 e. The molecule has 0 atom stereocenters. The van der Waals surface area contributed by atoms with Gasteiger partial charge in [-0.25, -0.2) is 9.59 Å². The third kappa shape index (κ3) is 5.81.